The van der Waals surface area contributed by atoms with Crippen LogP contribution in [0.15, 0.2) is 176 Å². The van der Waals surface area contributed by atoms with Crippen molar-refractivity contribution in [2.75, 3.05) is 4.90 Å². The third kappa shape index (κ3) is 4.80. The average molecular weight is 681 g/mol. The Bertz CT molecular complexity index is 2860. The fourth-order valence-electron chi connectivity index (χ4n) is 8.36. The largest absolute Gasteiger partial charge is 0.310 e. The number of aryl methyl sites for hydroxylation is 1. The van der Waals surface area contributed by atoms with Crippen molar-refractivity contribution in [1.82, 2.24) is 14.1 Å². The summed E-state index contributed by atoms with van der Waals surface area (Å²) in [5.74, 6) is 0. The smallest absolute Gasteiger partial charge is 0.0703 e. The summed E-state index contributed by atoms with van der Waals surface area (Å²) in [5.41, 5.74) is 17.1. The molecular formula is C49H36N4. The molecular weight excluding hydrogens is 645 g/mol. The van der Waals surface area contributed by atoms with E-state index in [1.807, 2.05) is 12.3 Å². The summed E-state index contributed by atoms with van der Waals surface area (Å²) in [5, 5.41) is 2.47. The lowest BCUT2D eigenvalue weighted by Crippen LogP contribution is -2.12. The number of hydrogen-bond donors (Lipinski definition) is 0. The van der Waals surface area contributed by atoms with E-state index in [-0.39, 0.29) is 0 Å². The van der Waals surface area contributed by atoms with Crippen LogP contribution in [0.1, 0.15) is 18.2 Å². The van der Waals surface area contributed by atoms with Gasteiger partial charge in [0.1, 0.15) is 0 Å². The number of nitrogens with zero attached hydrogens (tertiary/aromatic N) is 4. The molecule has 0 aliphatic carbocycles. The highest BCUT2D eigenvalue weighted by Gasteiger charge is 2.31. The minimum atomic E-state index is 0.928. The molecule has 0 spiro atoms. The lowest BCUT2D eigenvalue weighted by atomic mass is 9.98. The third-order valence-electron chi connectivity index (χ3n) is 10.6. The summed E-state index contributed by atoms with van der Waals surface area (Å²) in [4.78, 5) is 7.32. The van der Waals surface area contributed by atoms with Crippen LogP contribution in [0, 0.1) is 6.92 Å². The zero-order valence-electron chi connectivity index (χ0n) is 29.6. The van der Waals surface area contributed by atoms with Crippen LogP contribution in [-0.2, 0) is 0 Å². The van der Waals surface area contributed by atoms with Crippen LogP contribution < -0.4 is 4.90 Å². The number of fused-ring (bicyclic) bond motifs is 8. The molecule has 4 heterocycles. The van der Waals surface area contributed by atoms with Crippen LogP contribution in [0.2, 0.25) is 0 Å². The molecule has 3 aromatic heterocycles. The number of para-hydroxylation sites is 5. The number of rotatable bonds is 5. The van der Waals surface area contributed by atoms with Crippen LogP contribution >= 0.6 is 0 Å². The third-order valence-corrected chi connectivity index (χ3v) is 10.6. The van der Waals surface area contributed by atoms with E-state index in [2.05, 4.69) is 198 Å². The second kappa shape index (κ2) is 12.4. The van der Waals surface area contributed by atoms with Crippen molar-refractivity contribution >= 4 is 44.9 Å². The molecule has 0 fully saturated rings. The number of hydrogen-bond acceptors (Lipinski definition) is 2. The Kier molecular flexibility index (Phi) is 7.22. The van der Waals surface area contributed by atoms with Gasteiger partial charge < -0.3 is 14.0 Å². The maximum atomic E-state index is 4.86. The standard InChI is InChI=1S/C49H36N4/c1-3-17-43-33(2)38-20-7-11-25-44(38)51(43)36-30-34(42-24-15-16-29-50-42)31-37(32-36)52-45-26-12-8-21-39(45)48-40-22-9-13-27-46(40)53(35-18-5-4-6-19-35)49(48)41-23-10-14-28-47(41)52/h3-32H,1-2H3/b17-3-. The second-order valence-electron chi connectivity index (χ2n) is 13.6. The summed E-state index contributed by atoms with van der Waals surface area (Å²) in [7, 11) is 0. The molecule has 0 N–H and O–H groups in total. The van der Waals surface area contributed by atoms with Crippen molar-refractivity contribution in [3.05, 3.63) is 187 Å². The quantitative estimate of drug-likeness (QED) is 0.181. The van der Waals surface area contributed by atoms with Gasteiger partial charge in [-0.15, -0.1) is 0 Å². The lowest BCUT2D eigenvalue weighted by Gasteiger charge is -2.29. The first-order valence-electron chi connectivity index (χ1n) is 18.2. The predicted octanol–water partition coefficient (Wildman–Crippen LogP) is 13.1. The lowest BCUT2D eigenvalue weighted by molar-refractivity contribution is 1.09. The molecule has 1 aliphatic heterocycles. The van der Waals surface area contributed by atoms with Gasteiger partial charge in [-0.25, -0.2) is 0 Å². The molecule has 0 saturated carbocycles. The van der Waals surface area contributed by atoms with E-state index in [4.69, 9.17) is 4.98 Å². The number of allylic oxidation sites excluding steroid dienone is 1. The number of anilines is 3. The Hall–Kier alpha value is -6.91. The van der Waals surface area contributed by atoms with E-state index in [1.165, 1.54) is 55.4 Å². The van der Waals surface area contributed by atoms with Crippen molar-refractivity contribution in [3.8, 4) is 45.0 Å². The van der Waals surface area contributed by atoms with Gasteiger partial charge in [0, 0.05) is 62.0 Å². The van der Waals surface area contributed by atoms with Gasteiger partial charge in [-0.1, -0.05) is 103 Å². The fourth-order valence-corrected chi connectivity index (χ4v) is 8.36. The summed E-state index contributed by atoms with van der Waals surface area (Å²) in [6.45, 7) is 4.31. The first kappa shape index (κ1) is 30.9. The summed E-state index contributed by atoms with van der Waals surface area (Å²) in [6, 6.07) is 59.1. The first-order valence-corrected chi connectivity index (χ1v) is 18.2. The monoisotopic (exact) mass is 680 g/mol. The van der Waals surface area contributed by atoms with Crippen LogP contribution in [0.3, 0.4) is 0 Å². The minimum Gasteiger partial charge on any atom is -0.310 e. The molecule has 0 unspecified atom stereocenters. The normalized spacial score (nSPS) is 12.2. The zero-order valence-corrected chi connectivity index (χ0v) is 29.6. The Labute approximate surface area is 309 Å². The molecule has 0 radical (unpaired) electrons. The summed E-state index contributed by atoms with van der Waals surface area (Å²) < 4.78 is 4.85. The summed E-state index contributed by atoms with van der Waals surface area (Å²) >= 11 is 0. The molecule has 1 aliphatic rings. The maximum Gasteiger partial charge on any atom is 0.0703 e. The fraction of sp³-hybridized carbons (Fsp3) is 0.0408. The SMILES string of the molecule is C/C=C\c1c(C)c2ccccc2n1-c1cc(-c2ccccn2)cc(N2c3ccccc3-c3c(n(-c4ccccc4)c4ccccc34)-c3ccccc32)c1. The van der Waals surface area contributed by atoms with Gasteiger partial charge in [-0.3, -0.25) is 4.98 Å². The van der Waals surface area contributed by atoms with Crippen molar-refractivity contribution in [2.45, 2.75) is 13.8 Å². The van der Waals surface area contributed by atoms with Gasteiger partial charge in [-0.05, 0) is 92.2 Å². The Balaban J connectivity index is 1.32. The molecule has 0 saturated heterocycles. The van der Waals surface area contributed by atoms with Crippen molar-refractivity contribution in [2.24, 2.45) is 0 Å². The summed E-state index contributed by atoms with van der Waals surface area (Å²) in [6.07, 6.45) is 6.23. The van der Waals surface area contributed by atoms with Gasteiger partial charge >= 0.3 is 0 Å². The van der Waals surface area contributed by atoms with Crippen molar-refractivity contribution in [3.63, 3.8) is 0 Å². The molecule has 252 valence electrons. The van der Waals surface area contributed by atoms with Gasteiger partial charge in [-0.2, -0.15) is 0 Å². The molecule has 0 amide bonds. The molecule has 4 nitrogen and oxygen atoms in total. The highest BCUT2D eigenvalue weighted by molar-refractivity contribution is 6.13. The Morgan fingerprint density at radius 2 is 1.15 bits per heavy atom. The predicted molar refractivity (Wildman–Crippen MR) is 222 cm³/mol. The number of benzene rings is 6. The Morgan fingerprint density at radius 3 is 1.91 bits per heavy atom. The molecule has 4 heteroatoms. The second-order valence-corrected chi connectivity index (χ2v) is 13.6. The molecule has 6 aromatic carbocycles. The molecule has 9 aromatic rings. The van der Waals surface area contributed by atoms with Gasteiger partial charge in [0.15, 0.2) is 0 Å². The van der Waals surface area contributed by atoms with E-state index >= 15 is 0 Å². The zero-order chi connectivity index (χ0) is 35.5. The van der Waals surface area contributed by atoms with Gasteiger partial charge in [0.2, 0.25) is 0 Å². The van der Waals surface area contributed by atoms with Crippen LogP contribution in [0.25, 0.3) is 72.9 Å². The average Bonchev–Trinajstić information content (AvgIpc) is 3.66. The Morgan fingerprint density at radius 1 is 0.528 bits per heavy atom. The van der Waals surface area contributed by atoms with E-state index in [0.29, 0.717) is 0 Å². The van der Waals surface area contributed by atoms with E-state index in [0.717, 1.165) is 39.7 Å². The van der Waals surface area contributed by atoms with E-state index < -0.39 is 0 Å². The molecule has 0 bridgehead atoms. The topological polar surface area (TPSA) is 26.0 Å². The first-order chi connectivity index (χ1) is 26.2. The van der Waals surface area contributed by atoms with Crippen LogP contribution in [0.4, 0.5) is 17.1 Å². The number of pyridine rings is 1. The van der Waals surface area contributed by atoms with Crippen LogP contribution in [0.5, 0.6) is 0 Å². The molecule has 53 heavy (non-hydrogen) atoms. The highest BCUT2D eigenvalue weighted by Crippen LogP contribution is 2.54. The molecule has 0 atom stereocenters. The number of aromatic nitrogens is 3. The van der Waals surface area contributed by atoms with Crippen LogP contribution in [-0.4, -0.2) is 14.1 Å². The van der Waals surface area contributed by atoms with E-state index in [1.54, 1.807) is 0 Å². The van der Waals surface area contributed by atoms with E-state index in [9.17, 15) is 0 Å². The van der Waals surface area contributed by atoms with Gasteiger partial charge in [0.05, 0.1) is 33.8 Å². The minimum absolute atomic E-state index is 0.928. The maximum absolute atomic E-state index is 4.86. The van der Waals surface area contributed by atoms with Crippen molar-refractivity contribution < 1.29 is 0 Å². The highest BCUT2D eigenvalue weighted by atomic mass is 15.2. The van der Waals surface area contributed by atoms with Crippen molar-refractivity contribution in [1.29, 1.82) is 0 Å². The molecule has 10 rings (SSSR count). The van der Waals surface area contributed by atoms with Gasteiger partial charge in [0.25, 0.3) is 0 Å².